The molecule has 0 amide bonds. The van der Waals surface area contributed by atoms with E-state index < -0.39 is 23.3 Å². The number of hydrogen-bond acceptors (Lipinski definition) is 3. The number of halogens is 3. The summed E-state index contributed by atoms with van der Waals surface area (Å²) in [7, 11) is 0. The van der Waals surface area contributed by atoms with E-state index in [1.165, 1.54) is 6.07 Å². The van der Waals surface area contributed by atoms with E-state index in [1.54, 1.807) is 20.8 Å². The first kappa shape index (κ1) is 14.5. The Balaban J connectivity index is 2.81. The molecule has 0 heterocycles. The minimum Gasteiger partial charge on any atom is -0.292 e. The van der Waals surface area contributed by atoms with Gasteiger partial charge in [0.05, 0.1) is 11.1 Å². The van der Waals surface area contributed by atoms with Crippen molar-refractivity contribution in [2.45, 2.75) is 32.5 Å². The van der Waals surface area contributed by atoms with Gasteiger partial charge in [-0.15, -0.1) is 0 Å². The summed E-state index contributed by atoms with van der Waals surface area (Å²) in [4.78, 5) is 20.7. The second-order valence-corrected chi connectivity index (χ2v) is 4.65. The highest BCUT2D eigenvalue weighted by Gasteiger charge is 2.31. The van der Waals surface area contributed by atoms with Crippen molar-refractivity contribution in [1.82, 2.24) is 0 Å². The van der Waals surface area contributed by atoms with Gasteiger partial charge in [-0.25, -0.2) is 4.79 Å². The molecule has 0 saturated carbocycles. The van der Waals surface area contributed by atoms with Gasteiger partial charge >= 0.3 is 12.1 Å². The Kier molecular flexibility index (Phi) is 4.01. The van der Waals surface area contributed by atoms with Crippen LogP contribution in [-0.2, 0) is 16.0 Å². The second kappa shape index (κ2) is 4.97. The van der Waals surface area contributed by atoms with Crippen LogP contribution in [-0.4, -0.2) is 11.6 Å². The molecule has 18 heavy (non-hydrogen) atoms. The lowest BCUT2D eigenvalue weighted by Crippen LogP contribution is -2.22. The number of carbonyl (C=O) groups excluding carboxylic acids is 1. The van der Waals surface area contributed by atoms with Crippen molar-refractivity contribution in [2.75, 3.05) is 0 Å². The monoisotopic (exact) mass is 262 g/mol. The zero-order valence-corrected chi connectivity index (χ0v) is 10.2. The molecule has 1 aromatic rings. The molecule has 0 aromatic heterocycles. The van der Waals surface area contributed by atoms with Crippen molar-refractivity contribution in [3.63, 3.8) is 0 Å². The first-order valence-electron chi connectivity index (χ1n) is 5.17. The molecule has 3 nitrogen and oxygen atoms in total. The normalized spacial score (nSPS) is 12.3. The van der Waals surface area contributed by atoms with Gasteiger partial charge in [0.25, 0.3) is 0 Å². The van der Waals surface area contributed by atoms with Crippen molar-refractivity contribution in [3.8, 4) is 0 Å². The van der Waals surface area contributed by atoms with Crippen LogP contribution in [0.4, 0.5) is 13.2 Å². The first-order valence-corrected chi connectivity index (χ1v) is 5.17. The van der Waals surface area contributed by atoms with E-state index in [9.17, 15) is 18.0 Å². The SMILES string of the molecule is CC(C)(C)OOC(=O)c1cccc(C(F)(F)F)c1. The van der Waals surface area contributed by atoms with Gasteiger partial charge in [-0.05, 0) is 39.0 Å². The summed E-state index contributed by atoms with van der Waals surface area (Å²) in [6.07, 6.45) is -4.50. The predicted molar refractivity (Wildman–Crippen MR) is 57.7 cm³/mol. The first-order chi connectivity index (χ1) is 8.09. The lowest BCUT2D eigenvalue weighted by atomic mass is 10.1. The molecule has 0 saturated heterocycles. The Morgan fingerprint density at radius 2 is 1.78 bits per heavy atom. The van der Waals surface area contributed by atoms with Crippen molar-refractivity contribution < 1.29 is 27.7 Å². The maximum absolute atomic E-state index is 12.4. The number of alkyl halides is 3. The Labute approximate surface area is 102 Å². The maximum atomic E-state index is 12.4. The second-order valence-electron chi connectivity index (χ2n) is 4.65. The lowest BCUT2D eigenvalue weighted by Gasteiger charge is -2.16. The molecule has 100 valence electrons. The van der Waals surface area contributed by atoms with E-state index in [-0.39, 0.29) is 5.56 Å². The third-order valence-corrected chi connectivity index (χ3v) is 1.79. The molecule has 0 spiro atoms. The minimum atomic E-state index is -4.50. The van der Waals surface area contributed by atoms with Crippen molar-refractivity contribution in [1.29, 1.82) is 0 Å². The van der Waals surface area contributed by atoms with Gasteiger partial charge in [-0.3, -0.25) is 4.89 Å². The summed E-state index contributed by atoms with van der Waals surface area (Å²) in [6.45, 7) is 4.94. The molecule has 0 N–H and O–H groups in total. The molecule has 6 heteroatoms. The Morgan fingerprint density at radius 1 is 1.17 bits per heavy atom. The van der Waals surface area contributed by atoms with Crippen LogP contribution in [0.3, 0.4) is 0 Å². The number of hydrogen-bond donors (Lipinski definition) is 0. The van der Waals surface area contributed by atoms with Crippen LogP contribution in [0, 0.1) is 0 Å². The Morgan fingerprint density at radius 3 is 2.28 bits per heavy atom. The van der Waals surface area contributed by atoms with Crippen LogP contribution in [0.2, 0.25) is 0 Å². The van der Waals surface area contributed by atoms with Gasteiger partial charge in [-0.1, -0.05) is 6.07 Å². The number of carbonyl (C=O) groups is 1. The van der Waals surface area contributed by atoms with Gasteiger partial charge in [0.2, 0.25) is 0 Å². The van der Waals surface area contributed by atoms with Crippen LogP contribution >= 0.6 is 0 Å². The minimum absolute atomic E-state index is 0.214. The van der Waals surface area contributed by atoms with E-state index in [0.717, 1.165) is 12.1 Å². The summed E-state index contributed by atoms with van der Waals surface area (Å²) in [5, 5.41) is 0. The number of benzene rings is 1. The summed E-state index contributed by atoms with van der Waals surface area (Å²) >= 11 is 0. The highest BCUT2D eigenvalue weighted by Crippen LogP contribution is 2.29. The molecule has 0 aliphatic rings. The van der Waals surface area contributed by atoms with Crippen molar-refractivity contribution in [2.24, 2.45) is 0 Å². The molecule has 0 atom stereocenters. The molecule has 0 unspecified atom stereocenters. The molecular formula is C12H13F3O3. The summed E-state index contributed by atoms with van der Waals surface area (Å²) < 4.78 is 37.3. The Bertz CT molecular complexity index is 433. The standard InChI is InChI=1S/C12H13F3O3/c1-11(2,3)18-17-10(16)8-5-4-6-9(7-8)12(13,14)15/h4-7H,1-3H3. The van der Waals surface area contributed by atoms with Crippen molar-refractivity contribution in [3.05, 3.63) is 35.4 Å². The van der Waals surface area contributed by atoms with Gasteiger partial charge < -0.3 is 0 Å². The molecule has 1 rings (SSSR count). The highest BCUT2D eigenvalue weighted by molar-refractivity contribution is 5.89. The average molecular weight is 262 g/mol. The maximum Gasteiger partial charge on any atom is 0.416 e. The topological polar surface area (TPSA) is 35.5 Å². The third-order valence-electron chi connectivity index (χ3n) is 1.79. The predicted octanol–water partition coefficient (Wildman–Crippen LogP) is 3.59. The van der Waals surface area contributed by atoms with E-state index in [1.807, 2.05) is 0 Å². The van der Waals surface area contributed by atoms with Gasteiger partial charge in [0.1, 0.15) is 5.60 Å². The largest absolute Gasteiger partial charge is 0.416 e. The molecule has 0 bridgehead atoms. The molecular weight excluding hydrogens is 249 g/mol. The van der Waals surface area contributed by atoms with Crippen LogP contribution < -0.4 is 0 Å². The molecule has 1 aromatic carbocycles. The van der Waals surface area contributed by atoms with Gasteiger partial charge in [-0.2, -0.15) is 18.1 Å². The van der Waals surface area contributed by atoms with E-state index in [4.69, 9.17) is 4.89 Å². The fraction of sp³-hybridized carbons (Fsp3) is 0.417. The molecule has 0 aliphatic heterocycles. The van der Waals surface area contributed by atoms with E-state index >= 15 is 0 Å². The summed E-state index contributed by atoms with van der Waals surface area (Å²) in [5.74, 6) is -0.962. The number of rotatable bonds is 2. The quantitative estimate of drug-likeness (QED) is 0.603. The highest BCUT2D eigenvalue weighted by atomic mass is 19.4. The zero-order chi connectivity index (χ0) is 14.0. The zero-order valence-electron chi connectivity index (χ0n) is 10.2. The molecule has 0 radical (unpaired) electrons. The van der Waals surface area contributed by atoms with Crippen LogP contribution in [0.5, 0.6) is 0 Å². The molecule has 0 fully saturated rings. The van der Waals surface area contributed by atoms with E-state index in [2.05, 4.69) is 4.89 Å². The summed E-state index contributed by atoms with van der Waals surface area (Å²) in [6, 6.07) is 3.95. The van der Waals surface area contributed by atoms with Crippen LogP contribution in [0.15, 0.2) is 24.3 Å². The fourth-order valence-corrected chi connectivity index (χ4v) is 1.03. The van der Waals surface area contributed by atoms with Gasteiger partial charge in [0, 0.05) is 0 Å². The molecule has 0 aliphatic carbocycles. The van der Waals surface area contributed by atoms with Crippen LogP contribution in [0.25, 0.3) is 0 Å². The average Bonchev–Trinajstić information content (AvgIpc) is 2.24. The fourth-order valence-electron chi connectivity index (χ4n) is 1.03. The summed E-state index contributed by atoms with van der Waals surface area (Å²) in [5.41, 5.74) is -1.85. The van der Waals surface area contributed by atoms with Gasteiger partial charge in [0.15, 0.2) is 0 Å². The van der Waals surface area contributed by atoms with Crippen molar-refractivity contribution >= 4 is 5.97 Å². The lowest BCUT2D eigenvalue weighted by molar-refractivity contribution is -0.301. The third kappa shape index (κ3) is 4.37. The van der Waals surface area contributed by atoms with Crippen LogP contribution in [0.1, 0.15) is 36.7 Å². The Hall–Kier alpha value is -1.56. The smallest absolute Gasteiger partial charge is 0.292 e. The van der Waals surface area contributed by atoms with E-state index in [0.29, 0.717) is 6.07 Å².